The normalized spacial score (nSPS) is 20.4. The summed E-state index contributed by atoms with van der Waals surface area (Å²) >= 11 is 0. The molecule has 162 valence electrons. The minimum absolute atomic E-state index is 0.00191. The van der Waals surface area contributed by atoms with Crippen LogP contribution in [0.4, 0.5) is 4.39 Å². The number of carbonyl (C=O) groups excluding carboxylic acids is 2. The Labute approximate surface area is 177 Å². The van der Waals surface area contributed by atoms with Gasteiger partial charge in [-0.3, -0.25) is 19.5 Å². The van der Waals surface area contributed by atoms with E-state index in [1.807, 2.05) is 30.8 Å². The van der Waals surface area contributed by atoms with Crippen LogP contribution >= 0.6 is 0 Å². The van der Waals surface area contributed by atoms with Crippen LogP contribution in [-0.2, 0) is 4.79 Å². The van der Waals surface area contributed by atoms with Crippen molar-refractivity contribution in [2.75, 3.05) is 27.2 Å². The lowest BCUT2D eigenvalue weighted by Crippen LogP contribution is -2.55. The number of benzene rings is 1. The van der Waals surface area contributed by atoms with Gasteiger partial charge >= 0.3 is 0 Å². The van der Waals surface area contributed by atoms with Gasteiger partial charge in [-0.1, -0.05) is 19.9 Å². The first-order chi connectivity index (χ1) is 14.3. The Kier molecular flexibility index (Phi) is 7.02. The van der Waals surface area contributed by atoms with E-state index in [1.165, 1.54) is 12.3 Å². The lowest BCUT2D eigenvalue weighted by atomic mass is 9.91. The number of piperidine rings is 1. The van der Waals surface area contributed by atoms with E-state index in [0.717, 1.165) is 24.6 Å². The molecule has 1 aromatic heterocycles. The number of pyridine rings is 1. The van der Waals surface area contributed by atoms with Gasteiger partial charge in [0.1, 0.15) is 5.82 Å². The average molecular weight is 415 g/mol. The number of amides is 2. The molecule has 3 atom stereocenters. The molecule has 2 heterocycles. The second-order valence-electron chi connectivity index (χ2n) is 8.43. The number of rotatable bonds is 6. The summed E-state index contributed by atoms with van der Waals surface area (Å²) in [6, 6.07) is 4.41. The van der Waals surface area contributed by atoms with Crippen molar-refractivity contribution >= 4 is 22.6 Å². The fourth-order valence-corrected chi connectivity index (χ4v) is 4.35. The van der Waals surface area contributed by atoms with Crippen LogP contribution in [0.25, 0.3) is 10.8 Å². The summed E-state index contributed by atoms with van der Waals surface area (Å²) < 4.78 is 14.5. The van der Waals surface area contributed by atoms with Crippen molar-refractivity contribution in [3.05, 3.63) is 42.0 Å². The van der Waals surface area contributed by atoms with Gasteiger partial charge in [0.2, 0.25) is 5.91 Å². The Morgan fingerprint density at radius 2 is 2.10 bits per heavy atom. The minimum Gasteiger partial charge on any atom is -0.350 e. The van der Waals surface area contributed by atoms with E-state index in [-0.39, 0.29) is 23.6 Å². The second-order valence-corrected chi connectivity index (χ2v) is 8.43. The number of hydrogen-bond acceptors (Lipinski definition) is 4. The molecule has 1 aliphatic rings. The molecule has 1 aromatic carbocycles. The zero-order chi connectivity index (χ0) is 21.8. The van der Waals surface area contributed by atoms with Crippen molar-refractivity contribution in [2.45, 2.75) is 45.2 Å². The van der Waals surface area contributed by atoms with E-state index < -0.39 is 11.7 Å². The first kappa shape index (κ1) is 22.2. The second kappa shape index (κ2) is 9.51. The zero-order valence-electron chi connectivity index (χ0n) is 18.2. The molecule has 0 saturated carbocycles. The third kappa shape index (κ3) is 4.61. The van der Waals surface area contributed by atoms with Crippen molar-refractivity contribution in [1.82, 2.24) is 20.1 Å². The van der Waals surface area contributed by atoms with Crippen LogP contribution in [0, 0.1) is 11.7 Å². The van der Waals surface area contributed by atoms with Gasteiger partial charge in [-0.05, 0) is 56.8 Å². The SMILES string of the molecule is CC[C@@H](C(=O)N1CC[C@@H](C)C[C@H]1CNC(=O)c1c(F)ccc2ccncc12)N(C)C. The molecule has 7 heteroatoms. The lowest BCUT2D eigenvalue weighted by Gasteiger charge is -2.41. The number of likely N-dealkylation sites (N-methyl/N-ethyl adjacent to an activating group) is 1. The quantitative estimate of drug-likeness (QED) is 0.789. The molecule has 2 aromatic rings. The topological polar surface area (TPSA) is 65.5 Å². The molecule has 3 rings (SSSR count). The number of fused-ring (bicyclic) bond motifs is 1. The predicted molar refractivity (Wildman–Crippen MR) is 116 cm³/mol. The monoisotopic (exact) mass is 414 g/mol. The summed E-state index contributed by atoms with van der Waals surface area (Å²) in [6.45, 7) is 5.14. The third-order valence-corrected chi connectivity index (χ3v) is 6.05. The summed E-state index contributed by atoms with van der Waals surface area (Å²) in [6.07, 6.45) is 5.61. The Balaban J connectivity index is 1.78. The molecule has 1 aliphatic heterocycles. The summed E-state index contributed by atoms with van der Waals surface area (Å²) in [5.74, 6) is -0.490. The molecule has 0 bridgehead atoms. The first-order valence-corrected chi connectivity index (χ1v) is 10.6. The highest BCUT2D eigenvalue weighted by Crippen LogP contribution is 2.25. The molecule has 1 saturated heterocycles. The van der Waals surface area contributed by atoms with E-state index >= 15 is 0 Å². The number of aromatic nitrogens is 1. The highest BCUT2D eigenvalue weighted by Gasteiger charge is 2.34. The van der Waals surface area contributed by atoms with Gasteiger partial charge in [0, 0.05) is 36.9 Å². The summed E-state index contributed by atoms with van der Waals surface area (Å²) in [5.41, 5.74) is 0.00191. The van der Waals surface area contributed by atoms with Crippen LogP contribution < -0.4 is 5.32 Å². The number of halogens is 1. The highest BCUT2D eigenvalue weighted by atomic mass is 19.1. The zero-order valence-corrected chi connectivity index (χ0v) is 18.2. The van der Waals surface area contributed by atoms with Gasteiger partial charge in [-0.25, -0.2) is 4.39 Å². The number of carbonyl (C=O) groups is 2. The molecule has 0 radical (unpaired) electrons. The largest absolute Gasteiger partial charge is 0.350 e. The molecular formula is C23H31FN4O2. The van der Waals surface area contributed by atoms with Gasteiger partial charge in [-0.2, -0.15) is 0 Å². The van der Waals surface area contributed by atoms with Gasteiger partial charge in [-0.15, -0.1) is 0 Å². The van der Waals surface area contributed by atoms with E-state index in [4.69, 9.17) is 0 Å². The van der Waals surface area contributed by atoms with Gasteiger partial charge in [0.25, 0.3) is 5.91 Å². The third-order valence-electron chi connectivity index (χ3n) is 6.05. The van der Waals surface area contributed by atoms with E-state index in [2.05, 4.69) is 17.2 Å². The van der Waals surface area contributed by atoms with E-state index in [1.54, 1.807) is 18.3 Å². The molecule has 6 nitrogen and oxygen atoms in total. The average Bonchev–Trinajstić information content (AvgIpc) is 2.72. The molecule has 1 N–H and O–H groups in total. The Morgan fingerprint density at radius 1 is 1.33 bits per heavy atom. The maximum atomic E-state index is 14.5. The van der Waals surface area contributed by atoms with E-state index in [0.29, 0.717) is 24.4 Å². The number of likely N-dealkylation sites (tertiary alicyclic amines) is 1. The number of nitrogens with zero attached hydrogens (tertiary/aromatic N) is 3. The molecule has 30 heavy (non-hydrogen) atoms. The molecule has 1 fully saturated rings. The van der Waals surface area contributed by atoms with Crippen LogP contribution in [0.3, 0.4) is 0 Å². The molecule has 0 unspecified atom stereocenters. The number of nitrogens with one attached hydrogen (secondary N) is 1. The van der Waals surface area contributed by atoms with Crippen LogP contribution in [0.15, 0.2) is 30.6 Å². The highest BCUT2D eigenvalue weighted by molar-refractivity contribution is 6.07. The van der Waals surface area contributed by atoms with Crippen molar-refractivity contribution in [3.63, 3.8) is 0 Å². The maximum absolute atomic E-state index is 14.5. The van der Waals surface area contributed by atoms with Crippen molar-refractivity contribution < 1.29 is 14.0 Å². The molecule has 0 spiro atoms. The fraction of sp³-hybridized carbons (Fsp3) is 0.522. The van der Waals surface area contributed by atoms with Crippen molar-refractivity contribution in [3.8, 4) is 0 Å². The smallest absolute Gasteiger partial charge is 0.255 e. The van der Waals surface area contributed by atoms with Crippen LogP contribution in [0.1, 0.15) is 43.5 Å². The Morgan fingerprint density at radius 3 is 2.80 bits per heavy atom. The number of hydrogen-bond donors (Lipinski definition) is 1. The summed E-state index contributed by atoms with van der Waals surface area (Å²) in [4.78, 5) is 33.9. The molecule has 2 amide bonds. The first-order valence-electron chi connectivity index (χ1n) is 10.6. The Bertz CT molecular complexity index is 917. The van der Waals surface area contributed by atoms with Crippen LogP contribution in [0.5, 0.6) is 0 Å². The van der Waals surface area contributed by atoms with Crippen molar-refractivity contribution in [1.29, 1.82) is 0 Å². The van der Waals surface area contributed by atoms with Crippen molar-refractivity contribution in [2.24, 2.45) is 5.92 Å². The van der Waals surface area contributed by atoms with Gasteiger partial charge in [0.05, 0.1) is 11.6 Å². The van der Waals surface area contributed by atoms with Crippen LogP contribution in [-0.4, -0.2) is 65.9 Å². The predicted octanol–water partition coefficient (Wildman–Crippen LogP) is 3.07. The maximum Gasteiger partial charge on any atom is 0.255 e. The van der Waals surface area contributed by atoms with Gasteiger partial charge < -0.3 is 10.2 Å². The van der Waals surface area contributed by atoms with E-state index in [9.17, 15) is 14.0 Å². The summed E-state index contributed by atoms with van der Waals surface area (Å²) in [7, 11) is 3.82. The lowest BCUT2D eigenvalue weighted by molar-refractivity contribution is -0.140. The van der Waals surface area contributed by atoms with Crippen LogP contribution in [0.2, 0.25) is 0 Å². The Hall–Kier alpha value is -2.54. The fourth-order valence-electron chi connectivity index (χ4n) is 4.35. The summed E-state index contributed by atoms with van der Waals surface area (Å²) in [5, 5.41) is 4.12. The molecule has 0 aliphatic carbocycles. The standard InChI is InChI=1S/C23H31FN4O2/c1-5-20(27(3)4)23(30)28-11-9-15(2)12-17(28)13-26-22(29)21-18-14-25-10-8-16(18)6-7-19(21)24/h6-8,10,14-15,17,20H,5,9,11-13H2,1-4H3,(H,26,29)/t15-,17+,20+/m1/s1. The minimum atomic E-state index is -0.573. The van der Waals surface area contributed by atoms with Gasteiger partial charge in [0.15, 0.2) is 0 Å². The molecular weight excluding hydrogens is 383 g/mol.